The van der Waals surface area contributed by atoms with Crippen LogP contribution in [0.2, 0.25) is 0 Å². The summed E-state index contributed by atoms with van der Waals surface area (Å²) in [5, 5.41) is 2.94. The molecule has 0 aliphatic carbocycles. The van der Waals surface area contributed by atoms with Crippen molar-refractivity contribution in [3.63, 3.8) is 0 Å². The summed E-state index contributed by atoms with van der Waals surface area (Å²) in [6.45, 7) is 4.37. The average Bonchev–Trinajstić information content (AvgIpc) is 3.07. The van der Waals surface area contributed by atoms with Crippen LogP contribution < -0.4 is 19.5 Å². The predicted octanol–water partition coefficient (Wildman–Crippen LogP) is 4.07. The third kappa shape index (κ3) is 3.02. The van der Waals surface area contributed by atoms with Gasteiger partial charge in [0.25, 0.3) is 0 Å². The standard InChI is InChI=1S/C20H21NO4/c1-3-12(2)25-14-6-4-13(5-7-14)15-9-20(22)21-17-10-19-18(8-16(15)17)23-11-24-19/h4-8,10,12,15H,3,9,11H2,1-2H3,(H,21,22)/t12-,15-/m0/s1. The van der Waals surface area contributed by atoms with E-state index in [1.54, 1.807) is 0 Å². The van der Waals surface area contributed by atoms with Gasteiger partial charge in [0.05, 0.1) is 6.10 Å². The van der Waals surface area contributed by atoms with Gasteiger partial charge in [-0.3, -0.25) is 4.79 Å². The number of anilines is 1. The minimum absolute atomic E-state index is 0.00380. The maximum absolute atomic E-state index is 12.2. The fourth-order valence-electron chi connectivity index (χ4n) is 3.24. The molecule has 0 fully saturated rings. The molecule has 1 N–H and O–H groups in total. The smallest absolute Gasteiger partial charge is 0.231 e. The maximum Gasteiger partial charge on any atom is 0.231 e. The van der Waals surface area contributed by atoms with E-state index in [2.05, 4.69) is 19.2 Å². The molecule has 2 aromatic rings. The van der Waals surface area contributed by atoms with E-state index in [9.17, 15) is 4.79 Å². The zero-order valence-electron chi connectivity index (χ0n) is 14.4. The molecule has 4 rings (SSSR count). The van der Waals surface area contributed by atoms with Gasteiger partial charge in [0.1, 0.15) is 5.75 Å². The Labute approximate surface area is 146 Å². The molecule has 25 heavy (non-hydrogen) atoms. The first-order valence-electron chi connectivity index (χ1n) is 8.64. The lowest BCUT2D eigenvalue weighted by atomic mass is 9.84. The Bertz CT molecular complexity index is 800. The van der Waals surface area contributed by atoms with Crippen LogP contribution in [0.4, 0.5) is 5.69 Å². The lowest BCUT2D eigenvalue weighted by molar-refractivity contribution is -0.116. The molecule has 0 unspecified atom stereocenters. The summed E-state index contributed by atoms with van der Waals surface area (Å²) in [5.74, 6) is 2.27. The molecule has 0 radical (unpaired) electrons. The highest BCUT2D eigenvalue weighted by molar-refractivity contribution is 5.96. The number of ether oxygens (including phenoxy) is 3. The van der Waals surface area contributed by atoms with E-state index in [-0.39, 0.29) is 24.7 Å². The molecule has 2 aromatic carbocycles. The van der Waals surface area contributed by atoms with E-state index < -0.39 is 0 Å². The zero-order valence-corrected chi connectivity index (χ0v) is 14.4. The number of rotatable bonds is 4. The van der Waals surface area contributed by atoms with Crippen molar-refractivity contribution in [2.24, 2.45) is 0 Å². The minimum Gasteiger partial charge on any atom is -0.491 e. The summed E-state index contributed by atoms with van der Waals surface area (Å²) in [5.41, 5.74) is 2.94. The van der Waals surface area contributed by atoms with Crippen molar-refractivity contribution in [3.8, 4) is 17.2 Å². The van der Waals surface area contributed by atoms with Gasteiger partial charge in [-0.15, -0.1) is 0 Å². The number of hydrogen-bond acceptors (Lipinski definition) is 4. The maximum atomic E-state index is 12.2. The first-order valence-corrected chi connectivity index (χ1v) is 8.64. The summed E-state index contributed by atoms with van der Waals surface area (Å²) in [4.78, 5) is 12.2. The first kappa shape index (κ1) is 15.8. The summed E-state index contributed by atoms with van der Waals surface area (Å²) >= 11 is 0. The Balaban J connectivity index is 1.66. The van der Waals surface area contributed by atoms with Crippen LogP contribution in [-0.4, -0.2) is 18.8 Å². The fraction of sp³-hybridized carbons (Fsp3) is 0.350. The van der Waals surface area contributed by atoms with Crippen molar-refractivity contribution in [2.45, 2.75) is 38.7 Å². The quantitative estimate of drug-likeness (QED) is 0.912. The number of nitrogens with one attached hydrogen (secondary N) is 1. The van der Waals surface area contributed by atoms with E-state index in [0.29, 0.717) is 12.2 Å². The topological polar surface area (TPSA) is 56.8 Å². The van der Waals surface area contributed by atoms with Crippen molar-refractivity contribution in [2.75, 3.05) is 12.1 Å². The van der Waals surface area contributed by atoms with Crippen molar-refractivity contribution in [1.82, 2.24) is 0 Å². The first-order chi connectivity index (χ1) is 12.1. The Kier molecular flexibility index (Phi) is 3.99. The normalized spacial score (nSPS) is 19.1. The van der Waals surface area contributed by atoms with Crippen LogP contribution in [0, 0.1) is 0 Å². The molecule has 2 aliphatic heterocycles. The van der Waals surface area contributed by atoms with E-state index in [1.807, 2.05) is 36.4 Å². The molecular formula is C20H21NO4. The Morgan fingerprint density at radius 3 is 2.64 bits per heavy atom. The predicted molar refractivity (Wildman–Crippen MR) is 94.5 cm³/mol. The van der Waals surface area contributed by atoms with E-state index in [1.165, 1.54) is 0 Å². The number of amides is 1. The largest absolute Gasteiger partial charge is 0.491 e. The van der Waals surface area contributed by atoms with Gasteiger partial charge in [0.15, 0.2) is 11.5 Å². The number of benzene rings is 2. The summed E-state index contributed by atoms with van der Waals surface area (Å²) in [6.07, 6.45) is 1.57. The average molecular weight is 339 g/mol. The van der Waals surface area contributed by atoms with Crippen molar-refractivity contribution in [1.29, 1.82) is 0 Å². The summed E-state index contributed by atoms with van der Waals surface area (Å²) in [7, 11) is 0. The van der Waals surface area contributed by atoms with Crippen LogP contribution in [0.15, 0.2) is 36.4 Å². The lowest BCUT2D eigenvalue weighted by Gasteiger charge is -2.26. The van der Waals surface area contributed by atoms with Gasteiger partial charge in [-0.25, -0.2) is 0 Å². The third-order valence-corrected chi connectivity index (χ3v) is 4.78. The third-order valence-electron chi connectivity index (χ3n) is 4.78. The van der Waals surface area contributed by atoms with Gasteiger partial charge < -0.3 is 19.5 Å². The van der Waals surface area contributed by atoms with Crippen molar-refractivity contribution < 1.29 is 19.0 Å². The van der Waals surface area contributed by atoms with E-state index in [4.69, 9.17) is 14.2 Å². The van der Waals surface area contributed by atoms with E-state index in [0.717, 1.165) is 34.7 Å². The molecule has 1 amide bonds. The van der Waals surface area contributed by atoms with Crippen LogP contribution in [-0.2, 0) is 4.79 Å². The second-order valence-corrected chi connectivity index (χ2v) is 6.50. The molecule has 2 atom stereocenters. The Hall–Kier alpha value is -2.69. The van der Waals surface area contributed by atoms with Gasteiger partial charge in [0, 0.05) is 24.1 Å². The van der Waals surface area contributed by atoms with E-state index >= 15 is 0 Å². The molecule has 5 heteroatoms. The van der Waals surface area contributed by atoms with Gasteiger partial charge >= 0.3 is 0 Å². The summed E-state index contributed by atoms with van der Waals surface area (Å²) < 4.78 is 16.8. The highest BCUT2D eigenvalue weighted by Crippen LogP contribution is 2.44. The molecular weight excluding hydrogens is 318 g/mol. The fourth-order valence-corrected chi connectivity index (χ4v) is 3.24. The monoisotopic (exact) mass is 339 g/mol. The van der Waals surface area contributed by atoms with Crippen LogP contribution in [0.5, 0.6) is 17.2 Å². The van der Waals surface area contributed by atoms with Crippen molar-refractivity contribution >= 4 is 11.6 Å². The van der Waals surface area contributed by atoms with Gasteiger partial charge in [-0.1, -0.05) is 19.1 Å². The van der Waals surface area contributed by atoms with Crippen LogP contribution in [0.3, 0.4) is 0 Å². The Morgan fingerprint density at radius 1 is 1.20 bits per heavy atom. The molecule has 2 aliphatic rings. The number of carbonyl (C=O) groups excluding carboxylic acids is 1. The summed E-state index contributed by atoms with van der Waals surface area (Å²) in [6, 6.07) is 11.8. The van der Waals surface area contributed by atoms with Gasteiger partial charge in [-0.2, -0.15) is 0 Å². The molecule has 0 aromatic heterocycles. The number of hydrogen-bond donors (Lipinski definition) is 1. The Morgan fingerprint density at radius 2 is 1.92 bits per heavy atom. The highest BCUT2D eigenvalue weighted by atomic mass is 16.7. The van der Waals surface area contributed by atoms with Gasteiger partial charge in [0.2, 0.25) is 12.7 Å². The lowest BCUT2D eigenvalue weighted by Crippen LogP contribution is -2.23. The van der Waals surface area contributed by atoms with Crippen molar-refractivity contribution in [3.05, 3.63) is 47.5 Å². The van der Waals surface area contributed by atoms with Gasteiger partial charge in [-0.05, 0) is 42.7 Å². The second kappa shape index (κ2) is 6.31. The number of carbonyl (C=O) groups is 1. The molecule has 2 heterocycles. The second-order valence-electron chi connectivity index (χ2n) is 6.50. The minimum atomic E-state index is -0.00380. The molecule has 5 nitrogen and oxygen atoms in total. The van der Waals surface area contributed by atoms with Crippen LogP contribution in [0.1, 0.15) is 43.7 Å². The molecule has 0 saturated carbocycles. The zero-order chi connectivity index (χ0) is 17.4. The molecule has 0 spiro atoms. The SMILES string of the molecule is CC[C@H](C)Oc1ccc([C@@H]2CC(=O)Nc3cc4c(cc32)OCO4)cc1. The molecule has 130 valence electrons. The number of fused-ring (bicyclic) bond motifs is 2. The highest BCUT2D eigenvalue weighted by Gasteiger charge is 2.29. The van der Waals surface area contributed by atoms with Crippen LogP contribution in [0.25, 0.3) is 0 Å². The van der Waals surface area contributed by atoms with Crippen LogP contribution >= 0.6 is 0 Å². The molecule has 0 saturated heterocycles. The molecule has 0 bridgehead atoms.